The second-order valence-electron chi connectivity index (χ2n) is 5.52. The molecule has 128 valence electrons. The van der Waals surface area contributed by atoms with Gasteiger partial charge in [0.05, 0.1) is 25.0 Å². The first-order valence-electron chi connectivity index (χ1n) is 7.82. The number of hydrogen-bond acceptors (Lipinski definition) is 4. The second kappa shape index (κ2) is 7.48. The monoisotopic (exact) mass is 338 g/mol. The molecule has 3 aromatic rings. The van der Waals surface area contributed by atoms with Gasteiger partial charge in [-0.25, -0.2) is 0 Å². The number of benzene rings is 1. The van der Waals surface area contributed by atoms with Gasteiger partial charge in [-0.3, -0.25) is 14.7 Å². The minimum absolute atomic E-state index is 0.127. The normalized spacial score (nSPS) is 10.4. The molecule has 2 aromatic heterocycles. The lowest BCUT2D eigenvalue weighted by Crippen LogP contribution is -2.36. The molecule has 0 bridgehead atoms. The van der Waals surface area contributed by atoms with Crippen molar-refractivity contribution in [3.05, 3.63) is 65.7 Å². The van der Waals surface area contributed by atoms with E-state index in [0.717, 1.165) is 11.1 Å². The first-order chi connectivity index (χ1) is 12.1. The number of carbonyl (C=O) groups is 2. The molecule has 0 saturated heterocycles. The third kappa shape index (κ3) is 4.14. The van der Waals surface area contributed by atoms with Gasteiger partial charge in [-0.1, -0.05) is 24.3 Å². The van der Waals surface area contributed by atoms with Crippen molar-refractivity contribution in [1.82, 2.24) is 20.8 Å². The molecule has 0 fully saturated rings. The van der Waals surface area contributed by atoms with Crippen molar-refractivity contribution >= 4 is 11.8 Å². The van der Waals surface area contributed by atoms with Crippen LogP contribution in [0.3, 0.4) is 0 Å². The Morgan fingerprint density at radius 2 is 2.00 bits per heavy atom. The zero-order chi connectivity index (χ0) is 17.6. The van der Waals surface area contributed by atoms with Gasteiger partial charge in [-0.15, -0.1) is 0 Å². The summed E-state index contributed by atoms with van der Waals surface area (Å²) in [7, 11) is 0. The fraction of sp³-hybridized carbons (Fsp3) is 0.167. The fourth-order valence-corrected chi connectivity index (χ4v) is 2.35. The van der Waals surface area contributed by atoms with Gasteiger partial charge in [0.2, 0.25) is 5.91 Å². The van der Waals surface area contributed by atoms with Crippen LogP contribution in [0.4, 0.5) is 0 Å². The van der Waals surface area contributed by atoms with E-state index in [9.17, 15) is 9.59 Å². The van der Waals surface area contributed by atoms with E-state index in [1.54, 1.807) is 18.2 Å². The highest BCUT2D eigenvalue weighted by Gasteiger charge is 2.13. The van der Waals surface area contributed by atoms with E-state index < -0.39 is 0 Å². The molecule has 2 heterocycles. The van der Waals surface area contributed by atoms with Crippen LogP contribution >= 0.6 is 0 Å². The van der Waals surface area contributed by atoms with Crippen LogP contribution in [0.15, 0.2) is 53.1 Å². The van der Waals surface area contributed by atoms with Crippen molar-refractivity contribution in [2.75, 3.05) is 6.54 Å². The van der Waals surface area contributed by atoms with Gasteiger partial charge in [0.25, 0.3) is 5.91 Å². The summed E-state index contributed by atoms with van der Waals surface area (Å²) in [6, 6.07) is 12.9. The number of amides is 2. The van der Waals surface area contributed by atoms with Crippen LogP contribution in [0, 0.1) is 6.92 Å². The molecule has 25 heavy (non-hydrogen) atoms. The lowest BCUT2D eigenvalue weighted by Gasteiger charge is -2.04. The summed E-state index contributed by atoms with van der Waals surface area (Å²) in [4.78, 5) is 23.9. The van der Waals surface area contributed by atoms with Crippen LogP contribution in [0.5, 0.6) is 0 Å². The molecule has 0 unspecified atom stereocenters. The topological polar surface area (TPSA) is 100 Å². The Bertz CT molecular complexity index is 868. The molecule has 3 N–H and O–H groups in total. The van der Waals surface area contributed by atoms with Gasteiger partial charge in [-0.05, 0) is 30.7 Å². The van der Waals surface area contributed by atoms with Crippen LogP contribution in [0.25, 0.3) is 11.3 Å². The average Bonchev–Trinajstić information content (AvgIpc) is 3.30. The summed E-state index contributed by atoms with van der Waals surface area (Å²) < 4.78 is 5.12. The quantitative estimate of drug-likeness (QED) is 0.640. The van der Waals surface area contributed by atoms with Gasteiger partial charge in [0.1, 0.15) is 11.5 Å². The molecule has 0 aliphatic heterocycles. The molecule has 0 radical (unpaired) electrons. The van der Waals surface area contributed by atoms with E-state index in [1.807, 2.05) is 31.2 Å². The standard InChI is InChI=1S/C18H18N4O3/c1-12-5-2-3-7-14(12)15-9-16(22-21-15)18(24)20-11-17(23)19-10-13-6-4-8-25-13/h2-9H,10-11H2,1H3,(H,19,23)(H,20,24)(H,21,22). The number of aromatic amines is 1. The molecule has 3 rings (SSSR count). The number of hydrogen-bond donors (Lipinski definition) is 3. The molecule has 0 saturated carbocycles. The summed E-state index contributed by atoms with van der Waals surface area (Å²) >= 11 is 0. The molecular formula is C18H18N4O3. The van der Waals surface area contributed by atoms with Crippen molar-refractivity contribution in [2.45, 2.75) is 13.5 Å². The number of furan rings is 1. The highest BCUT2D eigenvalue weighted by molar-refractivity contribution is 5.95. The number of nitrogens with zero attached hydrogens (tertiary/aromatic N) is 1. The first kappa shape index (κ1) is 16.5. The SMILES string of the molecule is Cc1ccccc1-c1cc(C(=O)NCC(=O)NCc2ccco2)[nH]n1. The Balaban J connectivity index is 1.53. The van der Waals surface area contributed by atoms with E-state index >= 15 is 0 Å². The number of carbonyl (C=O) groups excluding carboxylic acids is 2. The summed E-state index contributed by atoms with van der Waals surface area (Å²) in [5, 5.41) is 12.1. The average molecular weight is 338 g/mol. The molecule has 2 amide bonds. The van der Waals surface area contributed by atoms with Gasteiger partial charge in [-0.2, -0.15) is 5.10 Å². The zero-order valence-corrected chi connectivity index (χ0v) is 13.7. The molecule has 0 spiro atoms. The van der Waals surface area contributed by atoms with Crippen molar-refractivity contribution in [1.29, 1.82) is 0 Å². The fourth-order valence-electron chi connectivity index (χ4n) is 2.35. The number of H-pyrrole nitrogens is 1. The highest BCUT2D eigenvalue weighted by Crippen LogP contribution is 2.21. The Labute approximate surface area is 144 Å². The predicted octanol–water partition coefficient (Wildman–Crippen LogP) is 2.02. The minimum atomic E-state index is -0.388. The van der Waals surface area contributed by atoms with Gasteiger partial charge < -0.3 is 15.1 Å². The summed E-state index contributed by atoms with van der Waals surface area (Å²) in [5.74, 6) is -0.0417. The minimum Gasteiger partial charge on any atom is -0.467 e. The highest BCUT2D eigenvalue weighted by atomic mass is 16.3. The van der Waals surface area contributed by atoms with E-state index in [0.29, 0.717) is 17.1 Å². The molecule has 0 aliphatic carbocycles. The lowest BCUT2D eigenvalue weighted by atomic mass is 10.1. The van der Waals surface area contributed by atoms with Crippen LogP contribution in [0.2, 0.25) is 0 Å². The van der Waals surface area contributed by atoms with E-state index in [-0.39, 0.29) is 24.9 Å². The van der Waals surface area contributed by atoms with Crippen LogP contribution in [-0.4, -0.2) is 28.6 Å². The molecule has 0 aliphatic rings. The van der Waals surface area contributed by atoms with E-state index in [2.05, 4.69) is 20.8 Å². The van der Waals surface area contributed by atoms with Gasteiger partial charge >= 0.3 is 0 Å². The summed E-state index contributed by atoms with van der Waals surface area (Å²) in [6.07, 6.45) is 1.54. The van der Waals surface area contributed by atoms with Crippen LogP contribution < -0.4 is 10.6 Å². The molecule has 7 nitrogen and oxygen atoms in total. The van der Waals surface area contributed by atoms with Gasteiger partial charge in [0, 0.05) is 5.56 Å². The Kier molecular flexibility index (Phi) is 4.94. The molecule has 1 aromatic carbocycles. The number of nitrogens with one attached hydrogen (secondary N) is 3. The maximum atomic E-state index is 12.1. The van der Waals surface area contributed by atoms with Crippen LogP contribution in [0.1, 0.15) is 21.8 Å². The molecule has 0 atom stereocenters. The zero-order valence-electron chi connectivity index (χ0n) is 13.7. The molecular weight excluding hydrogens is 320 g/mol. The summed E-state index contributed by atoms with van der Waals surface area (Å²) in [5.41, 5.74) is 3.01. The van der Waals surface area contributed by atoms with Crippen molar-refractivity contribution in [3.63, 3.8) is 0 Å². The van der Waals surface area contributed by atoms with Gasteiger partial charge in [0.15, 0.2) is 0 Å². The third-order valence-electron chi connectivity index (χ3n) is 3.69. The van der Waals surface area contributed by atoms with E-state index in [4.69, 9.17) is 4.42 Å². The first-order valence-corrected chi connectivity index (χ1v) is 7.82. The maximum absolute atomic E-state index is 12.1. The number of rotatable bonds is 6. The van der Waals surface area contributed by atoms with Crippen LogP contribution in [-0.2, 0) is 11.3 Å². The number of aryl methyl sites for hydroxylation is 1. The van der Waals surface area contributed by atoms with Crippen molar-refractivity contribution in [2.24, 2.45) is 0 Å². The smallest absolute Gasteiger partial charge is 0.269 e. The second-order valence-corrected chi connectivity index (χ2v) is 5.52. The third-order valence-corrected chi connectivity index (χ3v) is 3.69. The van der Waals surface area contributed by atoms with E-state index in [1.165, 1.54) is 6.26 Å². The van der Waals surface area contributed by atoms with Crippen molar-refractivity contribution < 1.29 is 14.0 Å². The largest absolute Gasteiger partial charge is 0.467 e. The number of aromatic nitrogens is 2. The summed E-state index contributed by atoms with van der Waals surface area (Å²) in [6.45, 7) is 2.13. The Morgan fingerprint density at radius 3 is 2.76 bits per heavy atom. The predicted molar refractivity (Wildman–Crippen MR) is 91.6 cm³/mol. The lowest BCUT2D eigenvalue weighted by molar-refractivity contribution is -0.120. The van der Waals surface area contributed by atoms with Crippen molar-refractivity contribution in [3.8, 4) is 11.3 Å². The Hall–Kier alpha value is -3.35. The maximum Gasteiger partial charge on any atom is 0.269 e. The Morgan fingerprint density at radius 1 is 1.16 bits per heavy atom. The molecule has 7 heteroatoms.